The van der Waals surface area contributed by atoms with Crippen LogP contribution in [0, 0.1) is 0 Å². The van der Waals surface area contributed by atoms with Crippen molar-refractivity contribution in [3.05, 3.63) is 24.3 Å². The van der Waals surface area contributed by atoms with E-state index in [-0.39, 0.29) is 5.96 Å². The van der Waals surface area contributed by atoms with Crippen molar-refractivity contribution in [2.45, 2.75) is 32.6 Å². The van der Waals surface area contributed by atoms with E-state index in [4.69, 9.17) is 17.2 Å². The zero-order chi connectivity index (χ0) is 14.8. The van der Waals surface area contributed by atoms with E-state index in [9.17, 15) is 0 Å². The molecule has 0 bridgehead atoms. The molecular weight excluding hydrogens is 252 g/mol. The van der Waals surface area contributed by atoms with Gasteiger partial charge in [0.05, 0.1) is 5.69 Å². The van der Waals surface area contributed by atoms with Crippen LogP contribution in [0.1, 0.15) is 32.6 Å². The number of guanidine groups is 2. The minimum absolute atomic E-state index is 0.0406. The molecule has 0 unspecified atom stereocenters. The fourth-order valence-electron chi connectivity index (χ4n) is 1.69. The summed E-state index contributed by atoms with van der Waals surface area (Å²) in [5.41, 5.74) is 18.0. The van der Waals surface area contributed by atoms with Crippen LogP contribution in [0.3, 0.4) is 0 Å². The van der Waals surface area contributed by atoms with Crippen molar-refractivity contribution >= 4 is 23.3 Å². The molecule has 0 aliphatic heterocycles. The van der Waals surface area contributed by atoms with Crippen molar-refractivity contribution in [1.82, 2.24) is 0 Å². The normalized spacial score (nSPS) is 11.2. The maximum absolute atomic E-state index is 5.81. The summed E-state index contributed by atoms with van der Waals surface area (Å²) in [6, 6.07) is 7.30. The number of nitrogens with one attached hydrogen (secondary N) is 1. The maximum atomic E-state index is 5.81. The summed E-state index contributed by atoms with van der Waals surface area (Å²) in [4.78, 5) is 8.22. The molecule has 1 aromatic carbocycles. The van der Waals surface area contributed by atoms with E-state index >= 15 is 0 Å². The molecule has 0 aliphatic carbocycles. The van der Waals surface area contributed by atoms with E-state index in [1.165, 1.54) is 19.3 Å². The van der Waals surface area contributed by atoms with Gasteiger partial charge in [0.25, 0.3) is 0 Å². The molecule has 0 amide bonds. The van der Waals surface area contributed by atoms with Crippen molar-refractivity contribution in [2.75, 3.05) is 11.9 Å². The molecule has 0 spiro atoms. The number of hydrogen-bond acceptors (Lipinski definition) is 2. The summed E-state index contributed by atoms with van der Waals surface area (Å²) in [6.45, 7) is 2.94. The molecule has 1 aromatic rings. The fraction of sp³-hybridized carbons (Fsp3) is 0.429. The van der Waals surface area contributed by atoms with E-state index in [1.54, 1.807) is 12.1 Å². The van der Waals surface area contributed by atoms with Gasteiger partial charge in [0.2, 0.25) is 0 Å². The third-order valence-corrected chi connectivity index (χ3v) is 2.69. The van der Waals surface area contributed by atoms with Crippen molar-refractivity contribution in [1.29, 1.82) is 0 Å². The Hall–Kier alpha value is -2.24. The second-order valence-corrected chi connectivity index (χ2v) is 4.54. The molecule has 6 heteroatoms. The zero-order valence-electron chi connectivity index (χ0n) is 12.0. The van der Waals surface area contributed by atoms with Crippen LogP contribution < -0.4 is 22.5 Å². The molecule has 0 heterocycles. The first-order valence-corrected chi connectivity index (χ1v) is 6.88. The summed E-state index contributed by atoms with van der Waals surface area (Å²) in [5.74, 6) is 0.468. The Labute approximate surface area is 120 Å². The lowest BCUT2D eigenvalue weighted by molar-refractivity contribution is 0.675. The smallest absolute Gasteiger partial charge is 0.193 e. The van der Waals surface area contributed by atoms with Crippen LogP contribution in [0.5, 0.6) is 0 Å². The molecule has 0 fully saturated rings. The van der Waals surface area contributed by atoms with Crippen LogP contribution in [0.25, 0.3) is 0 Å². The van der Waals surface area contributed by atoms with Gasteiger partial charge in [-0.3, -0.25) is 4.99 Å². The molecule has 20 heavy (non-hydrogen) atoms. The fourth-order valence-corrected chi connectivity index (χ4v) is 1.69. The van der Waals surface area contributed by atoms with Gasteiger partial charge < -0.3 is 22.5 Å². The largest absolute Gasteiger partial charge is 0.370 e. The number of anilines is 1. The first kappa shape index (κ1) is 15.8. The summed E-state index contributed by atoms with van der Waals surface area (Å²) in [7, 11) is 0. The highest BCUT2D eigenvalue weighted by molar-refractivity contribution is 5.92. The van der Waals surface area contributed by atoms with Crippen LogP contribution in [-0.2, 0) is 0 Å². The van der Waals surface area contributed by atoms with Crippen LogP contribution in [0.2, 0.25) is 0 Å². The summed E-state index contributed by atoms with van der Waals surface area (Å²) in [6.07, 6.45) is 4.73. The number of rotatable bonds is 7. The molecule has 6 nitrogen and oxygen atoms in total. The van der Waals surface area contributed by atoms with Gasteiger partial charge in [-0.05, 0) is 30.7 Å². The molecule has 0 aliphatic rings. The third kappa shape index (κ3) is 6.63. The highest BCUT2D eigenvalue weighted by Gasteiger charge is 1.96. The standard InChI is InChI=1S/C14H24N6/c1-2-3-4-5-10-18-14(17)20-12-8-6-11(7-9-12)19-13(15)16/h6-9H,2-5,10H2,1H3,(H4,15,16,19)(H3,17,18,20). The minimum Gasteiger partial charge on any atom is -0.370 e. The zero-order valence-corrected chi connectivity index (χ0v) is 12.0. The average Bonchev–Trinajstić information content (AvgIpc) is 2.40. The van der Waals surface area contributed by atoms with Gasteiger partial charge in [-0.25, -0.2) is 4.99 Å². The van der Waals surface area contributed by atoms with Crippen molar-refractivity contribution in [3.8, 4) is 0 Å². The van der Waals surface area contributed by atoms with Crippen molar-refractivity contribution in [3.63, 3.8) is 0 Å². The number of aliphatic imine (C=N–C) groups is 2. The molecule has 0 aromatic heterocycles. The molecule has 7 N–H and O–H groups in total. The van der Waals surface area contributed by atoms with Crippen LogP contribution in [0.15, 0.2) is 34.3 Å². The topological polar surface area (TPSA) is 115 Å². The second kappa shape index (κ2) is 8.79. The number of benzene rings is 1. The number of nitrogens with two attached hydrogens (primary N) is 3. The van der Waals surface area contributed by atoms with Crippen LogP contribution in [0.4, 0.5) is 11.4 Å². The lowest BCUT2D eigenvalue weighted by atomic mass is 10.2. The van der Waals surface area contributed by atoms with Gasteiger partial charge in [0.1, 0.15) is 0 Å². The molecule has 110 valence electrons. The Kier molecular flexibility index (Phi) is 6.95. The Morgan fingerprint density at radius 3 is 2.35 bits per heavy atom. The van der Waals surface area contributed by atoms with E-state index in [0.29, 0.717) is 11.6 Å². The SMILES string of the molecule is CCCCCCN=C(N)Nc1ccc(N=C(N)N)cc1. The molecule has 0 saturated heterocycles. The highest BCUT2D eigenvalue weighted by atomic mass is 15.1. The lowest BCUT2D eigenvalue weighted by Gasteiger charge is -2.06. The molecule has 0 saturated carbocycles. The van der Waals surface area contributed by atoms with Crippen LogP contribution in [-0.4, -0.2) is 18.5 Å². The summed E-state index contributed by atoms with van der Waals surface area (Å²) < 4.78 is 0. The predicted octanol–water partition coefficient (Wildman–Crippen LogP) is 1.90. The van der Waals surface area contributed by atoms with Gasteiger partial charge >= 0.3 is 0 Å². The van der Waals surface area contributed by atoms with E-state index in [0.717, 1.165) is 18.7 Å². The first-order valence-electron chi connectivity index (χ1n) is 6.88. The molecule has 0 atom stereocenters. The predicted molar refractivity (Wildman–Crippen MR) is 86.2 cm³/mol. The molecule has 1 rings (SSSR count). The van der Waals surface area contributed by atoms with Crippen molar-refractivity contribution in [2.24, 2.45) is 27.2 Å². The van der Waals surface area contributed by atoms with E-state index in [2.05, 4.69) is 22.2 Å². The average molecular weight is 276 g/mol. The molecule has 0 radical (unpaired) electrons. The Morgan fingerprint density at radius 2 is 1.75 bits per heavy atom. The number of hydrogen-bond donors (Lipinski definition) is 4. The minimum atomic E-state index is 0.0406. The number of unbranched alkanes of at least 4 members (excludes halogenated alkanes) is 3. The summed E-state index contributed by atoms with van der Waals surface area (Å²) in [5, 5.41) is 3.03. The monoisotopic (exact) mass is 276 g/mol. The van der Waals surface area contributed by atoms with Gasteiger partial charge in [0.15, 0.2) is 11.9 Å². The first-order chi connectivity index (χ1) is 9.61. The van der Waals surface area contributed by atoms with Crippen molar-refractivity contribution < 1.29 is 0 Å². The Balaban J connectivity index is 2.43. The van der Waals surface area contributed by atoms with Gasteiger partial charge in [-0.15, -0.1) is 0 Å². The lowest BCUT2D eigenvalue weighted by Crippen LogP contribution is -2.23. The van der Waals surface area contributed by atoms with E-state index in [1.807, 2.05) is 12.1 Å². The third-order valence-electron chi connectivity index (χ3n) is 2.69. The van der Waals surface area contributed by atoms with Gasteiger partial charge in [-0.1, -0.05) is 26.2 Å². The van der Waals surface area contributed by atoms with Gasteiger partial charge in [-0.2, -0.15) is 0 Å². The second-order valence-electron chi connectivity index (χ2n) is 4.54. The summed E-state index contributed by atoms with van der Waals surface area (Å²) >= 11 is 0. The Morgan fingerprint density at radius 1 is 1.05 bits per heavy atom. The molecular formula is C14H24N6. The number of nitrogens with zero attached hydrogens (tertiary/aromatic N) is 2. The Bertz CT molecular complexity index is 445. The quantitative estimate of drug-likeness (QED) is 0.346. The maximum Gasteiger partial charge on any atom is 0.193 e. The van der Waals surface area contributed by atoms with Crippen LogP contribution >= 0.6 is 0 Å². The van der Waals surface area contributed by atoms with Gasteiger partial charge in [0, 0.05) is 12.2 Å². The highest BCUT2D eigenvalue weighted by Crippen LogP contribution is 2.15. The van der Waals surface area contributed by atoms with E-state index < -0.39 is 0 Å².